The lowest BCUT2D eigenvalue weighted by Crippen LogP contribution is -2.45. The molecule has 1 aromatic carbocycles. The van der Waals surface area contributed by atoms with Crippen LogP contribution in [0.5, 0.6) is 5.75 Å². The highest BCUT2D eigenvalue weighted by Gasteiger charge is 2.15. The van der Waals surface area contributed by atoms with Gasteiger partial charge >= 0.3 is 0 Å². The van der Waals surface area contributed by atoms with Gasteiger partial charge in [0.1, 0.15) is 11.9 Å². The molecular weight excluding hydrogens is 294 g/mol. The van der Waals surface area contributed by atoms with Gasteiger partial charge < -0.3 is 15.4 Å². The van der Waals surface area contributed by atoms with Crippen LogP contribution in [-0.2, 0) is 0 Å². The normalized spacial score (nSPS) is 20.3. The topological polar surface area (TPSA) is 45.7 Å². The van der Waals surface area contributed by atoms with Crippen molar-refractivity contribution in [2.75, 3.05) is 24.6 Å². The maximum absolute atomic E-state index is 5.87. The molecule has 0 radical (unpaired) electrons. The summed E-state index contributed by atoms with van der Waals surface area (Å²) in [4.78, 5) is 4.66. The molecule has 2 atom stereocenters. The third-order valence-electron chi connectivity index (χ3n) is 3.43. The van der Waals surface area contributed by atoms with E-state index < -0.39 is 0 Å². The fourth-order valence-corrected chi connectivity index (χ4v) is 3.43. The maximum Gasteiger partial charge on any atom is 0.191 e. The number of hydrogen-bond donors (Lipinski definition) is 2. The molecule has 1 fully saturated rings. The fourth-order valence-electron chi connectivity index (χ4n) is 2.36. The molecule has 0 spiro atoms. The summed E-state index contributed by atoms with van der Waals surface area (Å²) in [6.07, 6.45) is 2.57. The molecule has 1 aliphatic rings. The molecule has 22 heavy (non-hydrogen) atoms. The number of ether oxygens (including phenoxy) is 1. The largest absolute Gasteiger partial charge is 0.489 e. The zero-order chi connectivity index (χ0) is 15.6. The molecule has 2 unspecified atom stereocenters. The third-order valence-corrected chi connectivity index (χ3v) is 4.65. The minimum atomic E-state index is 0.0542. The molecule has 1 heterocycles. The summed E-state index contributed by atoms with van der Waals surface area (Å²) < 4.78 is 5.87. The van der Waals surface area contributed by atoms with E-state index in [4.69, 9.17) is 4.74 Å². The average molecular weight is 321 g/mol. The molecule has 0 bridgehead atoms. The molecule has 4 nitrogen and oxygen atoms in total. The third kappa shape index (κ3) is 6.18. The van der Waals surface area contributed by atoms with Gasteiger partial charge in [-0.25, -0.2) is 4.99 Å². The number of guanidine groups is 1. The molecular formula is C17H27N3OS. The van der Waals surface area contributed by atoms with Gasteiger partial charge in [-0.15, -0.1) is 0 Å². The fraction of sp³-hybridized carbons (Fsp3) is 0.588. The highest BCUT2D eigenvalue weighted by atomic mass is 32.2. The van der Waals surface area contributed by atoms with E-state index in [9.17, 15) is 0 Å². The van der Waals surface area contributed by atoms with Crippen LogP contribution in [0.15, 0.2) is 35.3 Å². The first-order valence-corrected chi connectivity index (χ1v) is 9.27. The number of thioether (sulfide) groups is 1. The van der Waals surface area contributed by atoms with Crippen molar-refractivity contribution in [3.8, 4) is 5.75 Å². The number of aliphatic imine (C=N–C) groups is 1. The van der Waals surface area contributed by atoms with Crippen molar-refractivity contribution >= 4 is 17.7 Å². The zero-order valence-electron chi connectivity index (χ0n) is 13.5. The number of nitrogens with one attached hydrogen (secondary N) is 2. The van der Waals surface area contributed by atoms with Crippen LogP contribution in [0.4, 0.5) is 0 Å². The first-order valence-electron chi connectivity index (χ1n) is 8.12. The summed E-state index contributed by atoms with van der Waals surface area (Å²) in [6, 6.07) is 10.4. The zero-order valence-corrected chi connectivity index (χ0v) is 14.4. The summed E-state index contributed by atoms with van der Waals surface area (Å²) in [7, 11) is 0. The smallest absolute Gasteiger partial charge is 0.191 e. The van der Waals surface area contributed by atoms with Crippen molar-refractivity contribution in [1.82, 2.24) is 10.6 Å². The van der Waals surface area contributed by atoms with Gasteiger partial charge in [-0.2, -0.15) is 11.8 Å². The van der Waals surface area contributed by atoms with Crippen LogP contribution in [-0.4, -0.2) is 42.7 Å². The Morgan fingerprint density at radius 1 is 1.41 bits per heavy atom. The van der Waals surface area contributed by atoms with Crippen LogP contribution in [0.3, 0.4) is 0 Å². The highest BCUT2D eigenvalue weighted by molar-refractivity contribution is 7.99. The molecule has 0 aliphatic carbocycles. The Balaban J connectivity index is 1.83. The Kier molecular flexibility index (Phi) is 7.43. The first-order chi connectivity index (χ1) is 10.8. The van der Waals surface area contributed by atoms with Crippen LogP contribution in [0.25, 0.3) is 0 Å². The van der Waals surface area contributed by atoms with Crippen LogP contribution in [0.2, 0.25) is 0 Å². The molecule has 1 aliphatic heterocycles. The molecule has 1 saturated heterocycles. The first kappa shape index (κ1) is 17.0. The van der Waals surface area contributed by atoms with Gasteiger partial charge in [-0.05, 0) is 44.6 Å². The lowest BCUT2D eigenvalue weighted by Gasteiger charge is -2.24. The summed E-state index contributed by atoms with van der Waals surface area (Å²) >= 11 is 2.02. The SMILES string of the molecule is CCNC(=NCC(C)Oc1ccccc1)NC1CCCSC1. The van der Waals surface area contributed by atoms with E-state index in [-0.39, 0.29) is 6.10 Å². The number of nitrogens with zero attached hydrogens (tertiary/aromatic N) is 1. The second-order valence-corrected chi connectivity index (χ2v) is 6.67. The van der Waals surface area contributed by atoms with Crippen molar-refractivity contribution in [3.05, 3.63) is 30.3 Å². The van der Waals surface area contributed by atoms with Crippen molar-refractivity contribution in [2.45, 2.75) is 38.8 Å². The molecule has 0 aromatic heterocycles. The van der Waals surface area contributed by atoms with Gasteiger partial charge in [0.05, 0.1) is 6.54 Å². The van der Waals surface area contributed by atoms with Crippen LogP contribution >= 0.6 is 11.8 Å². The second kappa shape index (κ2) is 9.62. The molecule has 0 amide bonds. The van der Waals surface area contributed by atoms with Crippen molar-refractivity contribution in [2.24, 2.45) is 4.99 Å². The molecule has 1 aromatic rings. The molecule has 2 N–H and O–H groups in total. The van der Waals surface area contributed by atoms with Gasteiger partial charge in [0.2, 0.25) is 0 Å². The van der Waals surface area contributed by atoms with Gasteiger partial charge in [-0.1, -0.05) is 18.2 Å². The summed E-state index contributed by atoms with van der Waals surface area (Å²) in [5.74, 6) is 4.25. The Bertz CT molecular complexity index is 446. The number of rotatable bonds is 6. The predicted molar refractivity (Wildman–Crippen MR) is 96.0 cm³/mol. The van der Waals surface area contributed by atoms with E-state index in [1.54, 1.807) is 0 Å². The predicted octanol–water partition coefficient (Wildman–Crippen LogP) is 2.90. The Hall–Kier alpha value is -1.36. The minimum absolute atomic E-state index is 0.0542. The number of para-hydroxylation sites is 1. The van der Waals surface area contributed by atoms with Gasteiger partial charge in [-0.3, -0.25) is 0 Å². The monoisotopic (exact) mass is 321 g/mol. The van der Waals surface area contributed by atoms with E-state index in [0.717, 1.165) is 18.3 Å². The van der Waals surface area contributed by atoms with Crippen molar-refractivity contribution in [1.29, 1.82) is 0 Å². The lowest BCUT2D eigenvalue weighted by molar-refractivity contribution is 0.230. The van der Waals surface area contributed by atoms with Crippen molar-refractivity contribution in [3.63, 3.8) is 0 Å². The van der Waals surface area contributed by atoms with Gasteiger partial charge in [0, 0.05) is 18.3 Å². The summed E-state index contributed by atoms with van der Waals surface area (Å²) in [6.45, 7) is 5.66. The van der Waals surface area contributed by atoms with E-state index in [2.05, 4.69) is 29.5 Å². The van der Waals surface area contributed by atoms with E-state index in [1.165, 1.54) is 24.3 Å². The molecule has 0 saturated carbocycles. The van der Waals surface area contributed by atoms with Crippen LogP contribution in [0, 0.1) is 0 Å². The second-order valence-electron chi connectivity index (χ2n) is 5.52. The van der Waals surface area contributed by atoms with Crippen molar-refractivity contribution < 1.29 is 4.74 Å². The summed E-state index contributed by atoms with van der Waals surface area (Å²) in [5, 5.41) is 6.86. The Morgan fingerprint density at radius 3 is 2.91 bits per heavy atom. The summed E-state index contributed by atoms with van der Waals surface area (Å²) in [5.41, 5.74) is 0. The maximum atomic E-state index is 5.87. The number of hydrogen-bond acceptors (Lipinski definition) is 3. The van der Waals surface area contributed by atoms with Crippen LogP contribution in [0.1, 0.15) is 26.7 Å². The molecule has 122 valence electrons. The molecule has 2 rings (SSSR count). The Labute approximate surface area is 138 Å². The van der Waals surface area contributed by atoms with E-state index >= 15 is 0 Å². The van der Waals surface area contributed by atoms with E-state index in [0.29, 0.717) is 12.6 Å². The number of benzene rings is 1. The molecule has 5 heteroatoms. The quantitative estimate of drug-likeness (QED) is 0.625. The Morgan fingerprint density at radius 2 is 2.23 bits per heavy atom. The van der Waals surface area contributed by atoms with Gasteiger partial charge in [0.25, 0.3) is 0 Å². The van der Waals surface area contributed by atoms with E-state index in [1.807, 2.05) is 42.1 Å². The van der Waals surface area contributed by atoms with Crippen LogP contribution < -0.4 is 15.4 Å². The van der Waals surface area contributed by atoms with Gasteiger partial charge in [0.15, 0.2) is 5.96 Å². The minimum Gasteiger partial charge on any atom is -0.489 e. The lowest BCUT2D eigenvalue weighted by atomic mass is 10.2. The average Bonchev–Trinajstić information content (AvgIpc) is 2.55. The highest BCUT2D eigenvalue weighted by Crippen LogP contribution is 2.16. The standard InChI is InChI=1S/C17H27N3OS/c1-3-18-17(20-15-8-7-11-22-13-15)19-12-14(2)21-16-9-5-4-6-10-16/h4-6,9-10,14-15H,3,7-8,11-13H2,1-2H3,(H2,18,19,20).